The van der Waals surface area contributed by atoms with Gasteiger partial charge in [-0.1, -0.05) is 60.7 Å². The number of benzene rings is 3. The van der Waals surface area contributed by atoms with Gasteiger partial charge in [-0.25, -0.2) is 0 Å². The molecule has 2 atom stereocenters. The molecule has 0 radical (unpaired) electrons. The van der Waals surface area contributed by atoms with Crippen molar-refractivity contribution in [2.24, 2.45) is 5.92 Å². The van der Waals surface area contributed by atoms with Crippen LogP contribution >= 0.6 is 12.4 Å². The molecule has 0 bridgehead atoms. The summed E-state index contributed by atoms with van der Waals surface area (Å²) in [5.74, 6) is 1.63. The second kappa shape index (κ2) is 7.42. The van der Waals surface area contributed by atoms with E-state index in [1.54, 1.807) is 11.1 Å². The molecule has 26 heavy (non-hydrogen) atoms. The third-order valence-corrected chi connectivity index (χ3v) is 6.28. The Bertz CT molecular complexity index is 903. The zero-order chi connectivity index (χ0) is 16.6. The number of hydrogen-bond donors (Lipinski definition) is 0. The van der Waals surface area contributed by atoms with E-state index in [4.69, 9.17) is 0 Å². The van der Waals surface area contributed by atoms with Gasteiger partial charge < -0.3 is 0 Å². The summed E-state index contributed by atoms with van der Waals surface area (Å²) in [5, 5.41) is 2.70. The maximum atomic E-state index is 2.68. The summed E-state index contributed by atoms with van der Waals surface area (Å²) < 4.78 is 0. The first-order valence-electron chi connectivity index (χ1n) is 9.65. The Labute approximate surface area is 162 Å². The van der Waals surface area contributed by atoms with Crippen LogP contribution in [0, 0.1) is 5.92 Å². The number of aryl methyl sites for hydroxylation is 1. The van der Waals surface area contributed by atoms with Crippen molar-refractivity contribution in [1.82, 2.24) is 4.90 Å². The van der Waals surface area contributed by atoms with E-state index in [0.29, 0.717) is 0 Å². The molecule has 0 amide bonds. The molecule has 2 heteroatoms. The minimum absolute atomic E-state index is 0. The standard InChI is InChI=1S/C24H25N.ClH/c1-2-7-21-15-18(9-10-19(21)5-1)16-25-14-13-24-22(17-25)12-11-20-6-3-4-8-23(20)24;/h1-10,15,22,24H,11-14,16-17H2;1H/t22-,24+;/m0./s1. The fraction of sp³-hybridized carbons (Fsp3) is 0.333. The lowest BCUT2D eigenvalue weighted by Gasteiger charge is -2.42. The number of fused-ring (bicyclic) bond motifs is 4. The van der Waals surface area contributed by atoms with Gasteiger partial charge in [-0.2, -0.15) is 0 Å². The summed E-state index contributed by atoms with van der Waals surface area (Å²) in [6, 6.07) is 24.8. The molecule has 5 rings (SSSR count). The van der Waals surface area contributed by atoms with E-state index in [9.17, 15) is 0 Å². The summed E-state index contributed by atoms with van der Waals surface area (Å²) >= 11 is 0. The Balaban J connectivity index is 0.00000168. The van der Waals surface area contributed by atoms with Crippen LogP contribution in [0.3, 0.4) is 0 Å². The molecule has 2 aliphatic rings. The monoisotopic (exact) mass is 363 g/mol. The SMILES string of the molecule is Cl.c1ccc2c(c1)CC[C@H]1CN(Cc3ccc4ccccc4c3)CC[C@@H]21. The number of likely N-dealkylation sites (tertiary alicyclic amines) is 1. The lowest BCUT2D eigenvalue weighted by Crippen LogP contribution is -2.40. The summed E-state index contributed by atoms with van der Waals surface area (Å²) in [5.41, 5.74) is 4.70. The van der Waals surface area contributed by atoms with Gasteiger partial charge in [0.05, 0.1) is 0 Å². The van der Waals surface area contributed by atoms with Gasteiger partial charge in [0.25, 0.3) is 0 Å². The molecule has 1 fully saturated rings. The van der Waals surface area contributed by atoms with Gasteiger partial charge in [-0.05, 0) is 71.2 Å². The highest BCUT2D eigenvalue weighted by atomic mass is 35.5. The Morgan fingerprint density at radius 1 is 0.846 bits per heavy atom. The quantitative estimate of drug-likeness (QED) is 0.555. The van der Waals surface area contributed by atoms with Crippen molar-refractivity contribution in [1.29, 1.82) is 0 Å². The molecule has 1 nitrogen and oxygen atoms in total. The van der Waals surface area contributed by atoms with Gasteiger partial charge in [0.1, 0.15) is 0 Å². The summed E-state index contributed by atoms with van der Waals surface area (Å²) in [6.07, 6.45) is 3.94. The minimum atomic E-state index is 0. The number of halogens is 1. The molecular formula is C24H26ClN. The van der Waals surface area contributed by atoms with Crippen LogP contribution in [0.25, 0.3) is 10.8 Å². The van der Waals surface area contributed by atoms with Gasteiger partial charge in [0, 0.05) is 13.1 Å². The van der Waals surface area contributed by atoms with Gasteiger partial charge in [0.15, 0.2) is 0 Å². The predicted molar refractivity (Wildman–Crippen MR) is 112 cm³/mol. The van der Waals surface area contributed by atoms with E-state index in [0.717, 1.165) is 18.4 Å². The molecule has 3 aromatic carbocycles. The molecule has 0 N–H and O–H groups in total. The maximum absolute atomic E-state index is 2.68. The van der Waals surface area contributed by atoms with Crippen molar-refractivity contribution in [3.63, 3.8) is 0 Å². The van der Waals surface area contributed by atoms with Crippen LogP contribution in [-0.4, -0.2) is 18.0 Å². The zero-order valence-electron chi connectivity index (χ0n) is 15.1. The summed E-state index contributed by atoms with van der Waals surface area (Å²) in [6.45, 7) is 3.57. The van der Waals surface area contributed by atoms with Gasteiger partial charge in [-0.15, -0.1) is 12.4 Å². The van der Waals surface area contributed by atoms with E-state index in [2.05, 4.69) is 71.6 Å². The molecule has 1 aliphatic heterocycles. The number of nitrogens with zero attached hydrogens (tertiary/aromatic N) is 1. The molecule has 0 unspecified atom stereocenters. The number of piperidine rings is 1. The summed E-state index contributed by atoms with van der Waals surface area (Å²) in [4.78, 5) is 2.68. The predicted octanol–water partition coefficient (Wildman–Crippen LogP) is 5.81. The van der Waals surface area contributed by atoms with Crippen molar-refractivity contribution >= 4 is 23.2 Å². The normalized spacial score (nSPS) is 22.3. The molecule has 1 heterocycles. The zero-order valence-corrected chi connectivity index (χ0v) is 15.9. The number of rotatable bonds is 2. The first-order chi connectivity index (χ1) is 12.4. The van der Waals surface area contributed by atoms with Crippen LogP contribution in [0.4, 0.5) is 0 Å². The average molecular weight is 364 g/mol. The second-order valence-corrected chi connectivity index (χ2v) is 7.81. The lowest BCUT2D eigenvalue weighted by atomic mass is 9.71. The van der Waals surface area contributed by atoms with Crippen LogP contribution in [0.2, 0.25) is 0 Å². The molecule has 0 saturated carbocycles. The highest BCUT2D eigenvalue weighted by molar-refractivity contribution is 5.85. The van der Waals surface area contributed by atoms with E-state index in [1.165, 1.54) is 48.7 Å². The average Bonchev–Trinajstić information content (AvgIpc) is 2.67. The minimum Gasteiger partial charge on any atom is -0.299 e. The molecule has 0 spiro atoms. The Morgan fingerprint density at radius 2 is 1.65 bits per heavy atom. The van der Waals surface area contributed by atoms with E-state index in [1.807, 2.05) is 0 Å². The van der Waals surface area contributed by atoms with E-state index >= 15 is 0 Å². The van der Waals surface area contributed by atoms with Crippen LogP contribution in [-0.2, 0) is 13.0 Å². The van der Waals surface area contributed by atoms with Crippen LogP contribution in [0.15, 0.2) is 66.7 Å². The first kappa shape index (κ1) is 17.6. The Hall–Kier alpha value is -1.83. The summed E-state index contributed by atoms with van der Waals surface area (Å²) in [7, 11) is 0. The topological polar surface area (TPSA) is 3.24 Å². The smallest absolute Gasteiger partial charge is 0.0234 e. The molecule has 1 aliphatic carbocycles. The van der Waals surface area contributed by atoms with Crippen LogP contribution < -0.4 is 0 Å². The highest BCUT2D eigenvalue weighted by Gasteiger charge is 2.34. The third kappa shape index (κ3) is 3.26. The van der Waals surface area contributed by atoms with Gasteiger partial charge in [0.2, 0.25) is 0 Å². The maximum Gasteiger partial charge on any atom is 0.0234 e. The van der Waals surface area contributed by atoms with Crippen molar-refractivity contribution in [2.45, 2.75) is 31.7 Å². The fourth-order valence-electron chi connectivity index (χ4n) is 5.01. The van der Waals surface area contributed by atoms with Crippen LogP contribution in [0.5, 0.6) is 0 Å². The van der Waals surface area contributed by atoms with Crippen molar-refractivity contribution in [3.05, 3.63) is 83.4 Å². The number of hydrogen-bond acceptors (Lipinski definition) is 1. The first-order valence-corrected chi connectivity index (χ1v) is 9.65. The molecule has 0 aromatic heterocycles. The Morgan fingerprint density at radius 3 is 2.58 bits per heavy atom. The molecule has 134 valence electrons. The fourth-order valence-corrected chi connectivity index (χ4v) is 5.01. The van der Waals surface area contributed by atoms with Crippen molar-refractivity contribution in [2.75, 3.05) is 13.1 Å². The highest BCUT2D eigenvalue weighted by Crippen LogP contribution is 2.41. The van der Waals surface area contributed by atoms with Crippen molar-refractivity contribution < 1.29 is 0 Å². The molecule has 1 saturated heterocycles. The molecular weight excluding hydrogens is 338 g/mol. The second-order valence-electron chi connectivity index (χ2n) is 7.81. The van der Waals surface area contributed by atoms with Gasteiger partial charge in [-0.3, -0.25) is 4.90 Å². The lowest BCUT2D eigenvalue weighted by molar-refractivity contribution is 0.135. The van der Waals surface area contributed by atoms with Crippen molar-refractivity contribution in [3.8, 4) is 0 Å². The third-order valence-electron chi connectivity index (χ3n) is 6.28. The molecule has 3 aromatic rings. The largest absolute Gasteiger partial charge is 0.299 e. The van der Waals surface area contributed by atoms with Gasteiger partial charge >= 0.3 is 0 Å². The Kier molecular flexibility index (Phi) is 5.02. The van der Waals surface area contributed by atoms with Crippen LogP contribution in [0.1, 0.15) is 35.4 Å². The van der Waals surface area contributed by atoms with E-state index < -0.39 is 0 Å². The van der Waals surface area contributed by atoms with E-state index in [-0.39, 0.29) is 12.4 Å².